The van der Waals surface area contributed by atoms with Crippen LogP contribution < -0.4 is 10.1 Å². The first-order chi connectivity index (χ1) is 12.5. The fourth-order valence-electron chi connectivity index (χ4n) is 2.82. The van der Waals surface area contributed by atoms with Gasteiger partial charge in [0.1, 0.15) is 11.8 Å². The molecule has 1 fully saturated rings. The van der Waals surface area contributed by atoms with Gasteiger partial charge < -0.3 is 15.0 Å². The van der Waals surface area contributed by atoms with Crippen LogP contribution in [0.15, 0.2) is 34.2 Å². The molecule has 2 aromatic rings. The monoisotopic (exact) mass is 457 g/mol. The van der Waals surface area contributed by atoms with Crippen molar-refractivity contribution in [3.05, 3.63) is 39.3 Å². The summed E-state index contributed by atoms with van der Waals surface area (Å²) < 4.78 is 6.44. The number of carbonyl (C=O) groups is 2. The number of nitrogens with zero attached hydrogens (tertiary/aromatic N) is 2. The molecule has 2 atom stereocenters. The fourth-order valence-corrected chi connectivity index (χ4v) is 4.13. The van der Waals surface area contributed by atoms with Crippen molar-refractivity contribution in [1.29, 1.82) is 0 Å². The van der Waals surface area contributed by atoms with E-state index in [-0.39, 0.29) is 11.8 Å². The fraction of sp³-hybridized carbons (Fsp3) is 0.353. The van der Waals surface area contributed by atoms with E-state index >= 15 is 0 Å². The maximum atomic E-state index is 12.8. The Hall–Kier alpha value is -1.64. The van der Waals surface area contributed by atoms with Crippen LogP contribution in [0.5, 0.6) is 5.75 Å². The topological polar surface area (TPSA) is 71.5 Å². The average Bonchev–Trinajstić information content (AvgIpc) is 3.28. The summed E-state index contributed by atoms with van der Waals surface area (Å²) in [5.41, 5.74) is 0. The van der Waals surface area contributed by atoms with E-state index in [1.165, 1.54) is 11.3 Å². The SMILES string of the molecule is CC(Oc1ccc(Cl)cc1Br)C(=O)N1CCCC1C(=O)Nc1nccs1. The zero-order valence-corrected chi connectivity index (χ0v) is 17.1. The number of hydrogen-bond acceptors (Lipinski definition) is 5. The predicted molar refractivity (Wildman–Crippen MR) is 105 cm³/mol. The van der Waals surface area contributed by atoms with E-state index in [4.69, 9.17) is 16.3 Å². The number of likely N-dealkylation sites (tertiary alicyclic amines) is 1. The third-order valence-electron chi connectivity index (χ3n) is 4.05. The van der Waals surface area contributed by atoms with Crippen LogP contribution in [0.25, 0.3) is 0 Å². The molecule has 1 aromatic heterocycles. The standard InChI is InChI=1S/C17H17BrClN3O3S/c1-10(25-14-5-4-11(19)9-12(14)18)16(24)22-7-2-3-13(22)15(23)21-17-20-6-8-26-17/h4-6,8-10,13H,2-3,7H2,1H3,(H,20,21,23). The number of nitrogens with one attached hydrogen (secondary N) is 1. The molecule has 2 heterocycles. The number of anilines is 1. The van der Waals surface area contributed by atoms with Gasteiger partial charge in [-0.25, -0.2) is 4.98 Å². The molecule has 26 heavy (non-hydrogen) atoms. The second-order valence-corrected chi connectivity index (χ2v) is 8.04. The molecule has 1 N–H and O–H groups in total. The number of hydrogen-bond donors (Lipinski definition) is 1. The Bertz CT molecular complexity index is 803. The quantitative estimate of drug-likeness (QED) is 0.736. The third-order valence-corrected chi connectivity index (χ3v) is 5.59. The molecule has 0 radical (unpaired) electrons. The van der Waals surface area contributed by atoms with E-state index in [9.17, 15) is 9.59 Å². The van der Waals surface area contributed by atoms with Gasteiger partial charge in [-0.1, -0.05) is 11.6 Å². The summed E-state index contributed by atoms with van der Waals surface area (Å²) >= 11 is 10.6. The van der Waals surface area contributed by atoms with Crippen LogP contribution in [0.1, 0.15) is 19.8 Å². The van der Waals surface area contributed by atoms with Gasteiger partial charge in [0, 0.05) is 23.1 Å². The lowest BCUT2D eigenvalue weighted by molar-refractivity contribution is -0.142. The average molecular weight is 459 g/mol. The van der Waals surface area contributed by atoms with Crippen molar-refractivity contribution in [3.8, 4) is 5.75 Å². The first kappa shape index (κ1) is 19.1. The predicted octanol–water partition coefficient (Wildman–Crippen LogP) is 3.96. The lowest BCUT2D eigenvalue weighted by Gasteiger charge is -2.27. The van der Waals surface area contributed by atoms with Crippen molar-refractivity contribution >= 4 is 55.8 Å². The molecule has 2 unspecified atom stereocenters. The van der Waals surface area contributed by atoms with Gasteiger partial charge in [-0.3, -0.25) is 9.59 Å². The number of benzene rings is 1. The Morgan fingerprint density at radius 2 is 2.31 bits per heavy atom. The maximum absolute atomic E-state index is 12.8. The zero-order valence-electron chi connectivity index (χ0n) is 13.9. The Labute approximate surface area is 168 Å². The van der Waals surface area contributed by atoms with Crippen molar-refractivity contribution in [1.82, 2.24) is 9.88 Å². The molecule has 2 amide bonds. The Morgan fingerprint density at radius 1 is 1.50 bits per heavy atom. The molecular formula is C17H17BrClN3O3S. The van der Waals surface area contributed by atoms with E-state index in [2.05, 4.69) is 26.2 Å². The number of ether oxygens (including phenoxy) is 1. The summed E-state index contributed by atoms with van der Waals surface area (Å²) in [7, 11) is 0. The van der Waals surface area contributed by atoms with Crippen molar-refractivity contribution in [2.45, 2.75) is 31.9 Å². The Morgan fingerprint density at radius 3 is 3.00 bits per heavy atom. The normalized spacial score (nSPS) is 17.8. The highest BCUT2D eigenvalue weighted by molar-refractivity contribution is 9.10. The molecule has 1 aromatic carbocycles. The second-order valence-electron chi connectivity index (χ2n) is 5.85. The molecule has 3 rings (SSSR count). The zero-order chi connectivity index (χ0) is 18.7. The van der Waals surface area contributed by atoms with E-state index in [0.717, 1.165) is 6.42 Å². The highest BCUT2D eigenvalue weighted by Gasteiger charge is 2.37. The smallest absolute Gasteiger partial charge is 0.264 e. The number of thiazole rings is 1. The minimum Gasteiger partial charge on any atom is -0.480 e. The number of rotatable bonds is 5. The third kappa shape index (κ3) is 4.36. The molecule has 1 saturated heterocycles. The molecule has 138 valence electrons. The minimum absolute atomic E-state index is 0.217. The Balaban J connectivity index is 1.66. The highest BCUT2D eigenvalue weighted by Crippen LogP contribution is 2.29. The van der Waals surface area contributed by atoms with Crippen molar-refractivity contribution < 1.29 is 14.3 Å². The molecular weight excluding hydrogens is 442 g/mol. The van der Waals surface area contributed by atoms with Crippen LogP contribution in [0.4, 0.5) is 5.13 Å². The minimum atomic E-state index is -0.722. The second kappa shape index (κ2) is 8.37. The lowest BCUT2D eigenvalue weighted by Crippen LogP contribution is -2.47. The number of carbonyl (C=O) groups excluding carboxylic acids is 2. The van der Waals surface area contributed by atoms with Crippen LogP contribution in [0.3, 0.4) is 0 Å². The molecule has 0 saturated carbocycles. The van der Waals surface area contributed by atoms with Gasteiger partial charge in [-0.05, 0) is 53.9 Å². The summed E-state index contributed by atoms with van der Waals surface area (Å²) in [6.45, 7) is 2.21. The largest absolute Gasteiger partial charge is 0.480 e. The maximum Gasteiger partial charge on any atom is 0.264 e. The van der Waals surface area contributed by atoms with E-state index < -0.39 is 12.1 Å². The van der Waals surface area contributed by atoms with E-state index in [0.29, 0.717) is 33.3 Å². The van der Waals surface area contributed by atoms with Gasteiger partial charge in [0.2, 0.25) is 5.91 Å². The van der Waals surface area contributed by atoms with Crippen molar-refractivity contribution in [2.75, 3.05) is 11.9 Å². The molecule has 0 bridgehead atoms. The van der Waals surface area contributed by atoms with Gasteiger partial charge in [-0.15, -0.1) is 11.3 Å². The number of halogens is 2. The van der Waals surface area contributed by atoms with Crippen molar-refractivity contribution in [2.24, 2.45) is 0 Å². The molecule has 0 spiro atoms. The van der Waals surface area contributed by atoms with Gasteiger partial charge in [0.15, 0.2) is 11.2 Å². The van der Waals surface area contributed by atoms with Gasteiger partial charge >= 0.3 is 0 Å². The number of aromatic nitrogens is 1. The van der Waals surface area contributed by atoms with Gasteiger partial charge in [0.05, 0.1) is 4.47 Å². The lowest BCUT2D eigenvalue weighted by atomic mass is 10.2. The van der Waals surface area contributed by atoms with Crippen LogP contribution in [-0.2, 0) is 9.59 Å². The summed E-state index contributed by atoms with van der Waals surface area (Å²) in [4.78, 5) is 30.9. The summed E-state index contributed by atoms with van der Waals surface area (Å²) in [6.07, 6.45) is 2.30. The van der Waals surface area contributed by atoms with Crippen molar-refractivity contribution in [3.63, 3.8) is 0 Å². The summed E-state index contributed by atoms with van der Waals surface area (Å²) in [5.74, 6) is 0.0903. The first-order valence-electron chi connectivity index (χ1n) is 8.08. The van der Waals surface area contributed by atoms with Crippen LogP contribution in [-0.4, -0.2) is 40.4 Å². The van der Waals surface area contributed by atoms with Crippen LogP contribution >= 0.6 is 38.9 Å². The van der Waals surface area contributed by atoms with Gasteiger partial charge in [-0.2, -0.15) is 0 Å². The first-order valence-corrected chi connectivity index (χ1v) is 10.1. The molecule has 1 aliphatic heterocycles. The van der Waals surface area contributed by atoms with E-state index in [1.807, 2.05) is 0 Å². The molecule has 1 aliphatic rings. The Kier molecular flexibility index (Phi) is 6.16. The van der Waals surface area contributed by atoms with Crippen LogP contribution in [0, 0.1) is 0 Å². The summed E-state index contributed by atoms with van der Waals surface area (Å²) in [6, 6.07) is 4.59. The van der Waals surface area contributed by atoms with Crippen LogP contribution in [0.2, 0.25) is 5.02 Å². The summed E-state index contributed by atoms with van der Waals surface area (Å²) in [5, 5.41) is 5.65. The molecule has 6 nitrogen and oxygen atoms in total. The molecule has 9 heteroatoms. The number of amides is 2. The van der Waals surface area contributed by atoms with Gasteiger partial charge in [0.25, 0.3) is 5.91 Å². The highest BCUT2D eigenvalue weighted by atomic mass is 79.9. The molecule has 0 aliphatic carbocycles. The van der Waals surface area contributed by atoms with E-state index in [1.54, 1.807) is 41.6 Å².